The average Bonchev–Trinajstić information content (AvgIpc) is 3.50. The molecule has 1 saturated heterocycles. The van der Waals surface area contributed by atoms with Crippen LogP contribution in [0.1, 0.15) is 18.9 Å². The van der Waals surface area contributed by atoms with Crippen molar-refractivity contribution in [2.75, 3.05) is 49.3 Å². The molecule has 1 amide bonds. The van der Waals surface area contributed by atoms with Crippen LogP contribution in [0.25, 0.3) is 10.8 Å². The Kier molecular flexibility index (Phi) is 8.33. The van der Waals surface area contributed by atoms with Gasteiger partial charge < -0.3 is 25.0 Å². The number of esters is 1. The number of aromatic nitrogens is 2. The van der Waals surface area contributed by atoms with Gasteiger partial charge in [0, 0.05) is 38.6 Å². The molecule has 204 valence electrons. The second-order valence-electron chi connectivity index (χ2n) is 8.82. The number of nitrogens with two attached hydrogens (primary N) is 1. The number of thiazole rings is 1. The number of carbonyl (C=O) groups is 2. The minimum absolute atomic E-state index is 0.117. The topological polar surface area (TPSA) is 151 Å². The summed E-state index contributed by atoms with van der Waals surface area (Å²) in [5.41, 5.74) is 6.70. The summed E-state index contributed by atoms with van der Waals surface area (Å²) in [7, 11) is 5.13. The van der Waals surface area contributed by atoms with Crippen molar-refractivity contribution in [1.29, 1.82) is 0 Å². The molecule has 3 aromatic rings. The van der Waals surface area contributed by atoms with Gasteiger partial charge in [-0.2, -0.15) is 0 Å². The zero-order valence-electron chi connectivity index (χ0n) is 21.5. The third-order valence-electron chi connectivity index (χ3n) is 6.29. The van der Waals surface area contributed by atoms with E-state index in [9.17, 15) is 18.4 Å². The van der Waals surface area contributed by atoms with Crippen LogP contribution in [0.3, 0.4) is 0 Å². The van der Waals surface area contributed by atoms with Crippen molar-refractivity contribution in [3.63, 3.8) is 0 Å². The van der Waals surface area contributed by atoms with Crippen molar-refractivity contribution >= 4 is 61.2 Å². The number of amides is 1. The molecule has 0 saturated carbocycles. The maximum Gasteiger partial charge on any atom is 0.329 e. The van der Waals surface area contributed by atoms with Crippen molar-refractivity contribution in [2.45, 2.75) is 31.8 Å². The maximum absolute atomic E-state index is 13.7. The highest BCUT2D eigenvalue weighted by molar-refractivity contribution is 7.81. The molecule has 1 aliphatic rings. The van der Waals surface area contributed by atoms with Crippen LogP contribution < -0.4 is 19.7 Å². The van der Waals surface area contributed by atoms with Gasteiger partial charge in [0.1, 0.15) is 28.7 Å². The van der Waals surface area contributed by atoms with Gasteiger partial charge >= 0.3 is 5.97 Å². The zero-order chi connectivity index (χ0) is 27.6. The highest BCUT2D eigenvalue weighted by Gasteiger charge is 2.44. The molecule has 3 atom stereocenters. The van der Waals surface area contributed by atoms with Crippen molar-refractivity contribution in [2.24, 2.45) is 0 Å². The normalized spacial score (nSPS) is 16.9. The molecule has 2 aromatic heterocycles. The third kappa shape index (κ3) is 5.37. The number of ether oxygens (including phenoxy) is 2. The molecule has 1 unspecified atom stereocenters. The van der Waals surface area contributed by atoms with E-state index < -0.39 is 35.2 Å². The van der Waals surface area contributed by atoms with Gasteiger partial charge in [0.15, 0.2) is 5.13 Å². The first-order valence-electron chi connectivity index (χ1n) is 11.9. The van der Waals surface area contributed by atoms with E-state index in [0.717, 1.165) is 9.69 Å². The van der Waals surface area contributed by atoms with Crippen LogP contribution in [0, 0.1) is 0 Å². The lowest BCUT2D eigenvalue weighted by atomic mass is 10.00. The number of anilines is 3. The summed E-state index contributed by atoms with van der Waals surface area (Å²) in [5, 5.41) is 2.53. The van der Waals surface area contributed by atoms with Crippen LogP contribution in [0.4, 0.5) is 16.0 Å². The standard InChI is InChI=1S/C24H30N6O6S2/c1-5-36-23(32)18(11-15-10-14-6-8-26-21(25)16(14)12-19(15)35-4)29-9-7-17(22(29)31)30(38(33)34)20-13-27-24(37-20)28(2)3/h6,8,10,12-13,17-18H,5,7,9,11H2,1-4H3,(H2,25,26)(H,33,34)/t17-,18+/m0/s1. The summed E-state index contributed by atoms with van der Waals surface area (Å²) < 4.78 is 34.5. The van der Waals surface area contributed by atoms with Gasteiger partial charge in [-0.25, -0.2) is 23.3 Å². The molecular formula is C24H30N6O6S2. The maximum atomic E-state index is 13.7. The number of fused-ring (bicyclic) bond motifs is 1. The highest BCUT2D eigenvalue weighted by Crippen LogP contribution is 2.35. The summed E-state index contributed by atoms with van der Waals surface area (Å²) in [6, 6.07) is 3.50. The molecule has 0 spiro atoms. The van der Waals surface area contributed by atoms with Crippen LogP contribution in [0.2, 0.25) is 0 Å². The van der Waals surface area contributed by atoms with E-state index in [1.54, 1.807) is 44.2 Å². The third-order valence-corrected chi connectivity index (χ3v) is 8.36. The Labute approximate surface area is 226 Å². The fourth-order valence-corrected chi connectivity index (χ4v) is 6.22. The van der Waals surface area contributed by atoms with Crippen molar-refractivity contribution in [3.8, 4) is 5.75 Å². The minimum atomic E-state index is -2.48. The molecule has 0 radical (unpaired) electrons. The summed E-state index contributed by atoms with van der Waals surface area (Å²) >= 11 is -1.29. The van der Waals surface area contributed by atoms with Crippen LogP contribution in [0.15, 0.2) is 30.6 Å². The van der Waals surface area contributed by atoms with Crippen molar-refractivity contribution < 1.29 is 27.8 Å². The largest absolute Gasteiger partial charge is 0.496 e. The summed E-state index contributed by atoms with van der Waals surface area (Å²) in [4.78, 5) is 38.4. The number of benzene rings is 1. The number of rotatable bonds is 10. The van der Waals surface area contributed by atoms with E-state index in [2.05, 4.69) is 9.97 Å². The number of likely N-dealkylation sites (tertiary alicyclic amines) is 1. The van der Waals surface area contributed by atoms with E-state index >= 15 is 0 Å². The zero-order valence-corrected chi connectivity index (χ0v) is 23.1. The molecule has 1 fully saturated rings. The summed E-state index contributed by atoms with van der Waals surface area (Å²) in [5.74, 6) is -0.168. The Bertz CT molecular complexity index is 1370. The predicted octanol–water partition coefficient (Wildman–Crippen LogP) is 2.07. The SMILES string of the molecule is CCOC(=O)[C@@H](Cc1cc2ccnc(N)c2cc1OC)N1CC[C@H](N(c2cnc(N(C)C)s2)S(=O)O)C1=O. The Morgan fingerprint density at radius 3 is 2.76 bits per heavy atom. The van der Waals surface area contributed by atoms with Gasteiger partial charge in [0.25, 0.3) is 11.3 Å². The van der Waals surface area contributed by atoms with Gasteiger partial charge in [0.05, 0.1) is 19.9 Å². The van der Waals surface area contributed by atoms with Gasteiger partial charge in [-0.1, -0.05) is 11.3 Å². The number of nitrogens with zero attached hydrogens (tertiary/aromatic N) is 5. The van der Waals surface area contributed by atoms with Crippen LogP contribution in [-0.4, -0.2) is 81.9 Å². The fraction of sp³-hybridized carbons (Fsp3) is 0.417. The average molecular weight is 563 g/mol. The lowest BCUT2D eigenvalue weighted by Gasteiger charge is -2.29. The van der Waals surface area contributed by atoms with Gasteiger partial charge in [-0.3, -0.25) is 9.35 Å². The molecule has 0 bridgehead atoms. The molecule has 1 aliphatic heterocycles. The van der Waals surface area contributed by atoms with Gasteiger partial charge in [-0.05, 0) is 42.5 Å². The molecule has 38 heavy (non-hydrogen) atoms. The molecule has 4 rings (SSSR count). The van der Waals surface area contributed by atoms with Crippen LogP contribution >= 0.6 is 11.3 Å². The Morgan fingerprint density at radius 2 is 2.13 bits per heavy atom. The first kappa shape index (κ1) is 27.5. The quantitative estimate of drug-likeness (QED) is 0.277. The highest BCUT2D eigenvalue weighted by atomic mass is 32.2. The van der Waals surface area contributed by atoms with Crippen LogP contribution in [0.5, 0.6) is 5.75 Å². The van der Waals surface area contributed by atoms with Crippen molar-refractivity contribution in [3.05, 3.63) is 36.2 Å². The van der Waals surface area contributed by atoms with E-state index in [0.29, 0.717) is 32.6 Å². The van der Waals surface area contributed by atoms with Crippen LogP contribution in [-0.2, 0) is 32.0 Å². The first-order chi connectivity index (χ1) is 18.2. The summed E-state index contributed by atoms with van der Waals surface area (Å²) in [6.45, 7) is 2.03. The minimum Gasteiger partial charge on any atom is -0.496 e. The van der Waals surface area contributed by atoms with Crippen molar-refractivity contribution in [1.82, 2.24) is 14.9 Å². The number of hydrogen-bond acceptors (Lipinski definition) is 10. The smallest absolute Gasteiger partial charge is 0.329 e. The Hall–Kier alpha value is -3.49. The van der Waals surface area contributed by atoms with Gasteiger partial charge in [0.2, 0.25) is 5.91 Å². The fourth-order valence-electron chi connectivity index (χ4n) is 4.51. The molecule has 0 aliphatic carbocycles. The lowest BCUT2D eigenvalue weighted by Crippen LogP contribution is -2.49. The van der Waals surface area contributed by atoms with Gasteiger partial charge in [-0.15, -0.1) is 0 Å². The van der Waals surface area contributed by atoms with E-state index in [1.165, 1.54) is 29.5 Å². The molecule has 12 nitrogen and oxygen atoms in total. The lowest BCUT2D eigenvalue weighted by molar-refractivity contribution is -0.153. The number of hydrogen-bond donors (Lipinski definition) is 2. The number of pyridine rings is 1. The summed E-state index contributed by atoms with van der Waals surface area (Å²) in [6.07, 6.45) is 3.42. The molecule has 1 aromatic carbocycles. The predicted molar refractivity (Wildman–Crippen MR) is 147 cm³/mol. The second kappa shape index (κ2) is 11.5. The molecular weight excluding hydrogens is 532 g/mol. The van der Waals surface area contributed by atoms with E-state index in [-0.39, 0.29) is 26.0 Å². The molecule has 14 heteroatoms. The Balaban J connectivity index is 1.67. The molecule has 3 heterocycles. The number of carbonyl (C=O) groups excluding carboxylic acids is 2. The number of nitrogen functional groups attached to an aromatic ring is 1. The van der Waals surface area contributed by atoms with E-state index in [1.807, 2.05) is 6.07 Å². The first-order valence-corrected chi connectivity index (χ1v) is 13.8. The second-order valence-corrected chi connectivity index (χ2v) is 10.7. The van der Waals surface area contributed by atoms with E-state index in [4.69, 9.17) is 15.2 Å². The monoisotopic (exact) mass is 562 g/mol. The number of methoxy groups -OCH3 is 1. The Morgan fingerprint density at radius 1 is 1.37 bits per heavy atom. The molecule has 3 N–H and O–H groups in total.